The van der Waals surface area contributed by atoms with Crippen molar-refractivity contribution in [1.29, 1.82) is 0 Å². The summed E-state index contributed by atoms with van der Waals surface area (Å²) in [6.07, 6.45) is 0. The first-order chi connectivity index (χ1) is 8.50. The van der Waals surface area contributed by atoms with Crippen LogP contribution < -0.4 is 4.72 Å². The lowest BCUT2D eigenvalue weighted by Crippen LogP contribution is -2.43. The number of nitrogens with one attached hydrogen (secondary N) is 1. The van der Waals surface area contributed by atoms with Crippen LogP contribution in [0.3, 0.4) is 0 Å². The maximum atomic E-state index is 12.1. The highest BCUT2D eigenvalue weighted by Crippen LogP contribution is 2.32. The Bertz CT molecular complexity index is 529. The Morgan fingerprint density at radius 1 is 1.33 bits per heavy atom. The average Bonchev–Trinajstić information content (AvgIpc) is 2.36. The maximum absolute atomic E-state index is 12.1. The molecule has 0 saturated carbocycles. The molecule has 1 saturated heterocycles. The van der Waals surface area contributed by atoms with E-state index in [1.165, 1.54) is 10.4 Å². The summed E-state index contributed by atoms with van der Waals surface area (Å²) >= 11 is 3.13. The molecule has 18 heavy (non-hydrogen) atoms. The van der Waals surface area contributed by atoms with Gasteiger partial charge in [0.2, 0.25) is 0 Å². The van der Waals surface area contributed by atoms with Crippen molar-refractivity contribution in [3.8, 4) is 5.75 Å². The van der Waals surface area contributed by atoms with Crippen molar-refractivity contribution < 1.29 is 18.3 Å². The summed E-state index contributed by atoms with van der Waals surface area (Å²) in [4.78, 5) is 0. The highest BCUT2D eigenvalue weighted by atomic mass is 79.9. The second-order valence-electron chi connectivity index (χ2n) is 3.75. The molecule has 8 heteroatoms. The topological polar surface area (TPSA) is 78.9 Å². The standard InChI is InChI=1S/C10H13BrN2O4S/c11-8-2-1-3-9(10(8)14)12-18(15,16)13-4-6-17-7-5-13/h1-3,12,14H,4-7H2. The molecule has 0 aliphatic carbocycles. The number of benzene rings is 1. The van der Waals surface area contributed by atoms with Gasteiger partial charge < -0.3 is 9.84 Å². The predicted molar refractivity (Wildman–Crippen MR) is 70.7 cm³/mol. The van der Waals surface area contributed by atoms with Gasteiger partial charge in [0, 0.05) is 13.1 Å². The summed E-state index contributed by atoms with van der Waals surface area (Å²) in [5.74, 6) is -0.130. The monoisotopic (exact) mass is 336 g/mol. The SMILES string of the molecule is O=S(=O)(Nc1cccc(Br)c1O)N1CCOCC1. The minimum Gasteiger partial charge on any atom is -0.505 e. The number of rotatable bonds is 3. The second kappa shape index (κ2) is 5.43. The van der Waals surface area contributed by atoms with Crippen LogP contribution in [0.2, 0.25) is 0 Å². The van der Waals surface area contributed by atoms with Crippen molar-refractivity contribution in [2.45, 2.75) is 0 Å². The van der Waals surface area contributed by atoms with E-state index in [9.17, 15) is 13.5 Å². The summed E-state index contributed by atoms with van der Waals surface area (Å²) < 4.78 is 33.3. The van der Waals surface area contributed by atoms with Gasteiger partial charge in [-0.25, -0.2) is 0 Å². The van der Waals surface area contributed by atoms with Gasteiger partial charge in [0.05, 0.1) is 23.4 Å². The zero-order valence-electron chi connectivity index (χ0n) is 9.47. The number of para-hydroxylation sites is 1. The van der Waals surface area contributed by atoms with Crippen molar-refractivity contribution in [2.75, 3.05) is 31.0 Å². The Balaban J connectivity index is 2.19. The maximum Gasteiger partial charge on any atom is 0.301 e. The molecule has 0 aromatic heterocycles. The quantitative estimate of drug-likeness (QED) is 0.811. The molecule has 6 nitrogen and oxygen atoms in total. The summed E-state index contributed by atoms with van der Waals surface area (Å²) in [6, 6.07) is 4.76. The average molecular weight is 337 g/mol. The molecule has 2 rings (SSSR count). The third-order valence-electron chi connectivity index (χ3n) is 2.54. The van der Waals surface area contributed by atoms with Crippen molar-refractivity contribution in [3.05, 3.63) is 22.7 Å². The van der Waals surface area contributed by atoms with Gasteiger partial charge in [-0.15, -0.1) is 0 Å². The van der Waals surface area contributed by atoms with Gasteiger partial charge in [-0.2, -0.15) is 12.7 Å². The molecule has 1 heterocycles. The molecule has 0 amide bonds. The molecule has 2 N–H and O–H groups in total. The van der Waals surface area contributed by atoms with Crippen LogP contribution in [-0.2, 0) is 14.9 Å². The van der Waals surface area contributed by atoms with Crippen LogP contribution in [0.25, 0.3) is 0 Å². The van der Waals surface area contributed by atoms with E-state index < -0.39 is 10.2 Å². The summed E-state index contributed by atoms with van der Waals surface area (Å²) in [6.45, 7) is 1.38. The number of ether oxygens (including phenoxy) is 1. The van der Waals surface area contributed by atoms with Crippen molar-refractivity contribution >= 4 is 31.8 Å². The molecule has 1 aromatic rings. The van der Waals surface area contributed by atoms with E-state index >= 15 is 0 Å². The summed E-state index contributed by atoms with van der Waals surface area (Å²) in [5, 5.41) is 9.74. The van der Waals surface area contributed by atoms with E-state index in [-0.39, 0.29) is 11.4 Å². The molecule has 0 radical (unpaired) electrons. The zero-order chi connectivity index (χ0) is 13.2. The number of hydrogen-bond donors (Lipinski definition) is 2. The van der Waals surface area contributed by atoms with Crippen molar-refractivity contribution in [3.63, 3.8) is 0 Å². The van der Waals surface area contributed by atoms with E-state index in [1.54, 1.807) is 12.1 Å². The van der Waals surface area contributed by atoms with Gasteiger partial charge in [0.25, 0.3) is 0 Å². The smallest absolute Gasteiger partial charge is 0.301 e. The molecular weight excluding hydrogens is 324 g/mol. The Kier molecular flexibility index (Phi) is 4.10. The molecule has 0 bridgehead atoms. The molecule has 1 aliphatic rings. The van der Waals surface area contributed by atoms with E-state index in [2.05, 4.69) is 20.7 Å². The van der Waals surface area contributed by atoms with Crippen LogP contribution in [0.5, 0.6) is 5.75 Å². The van der Waals surface area contributed by atoms with Gasteiger partial charge in [-0.3, -0.25) is 4.72 Å². The fourth-order valence-electron chi connectivity index (χ4n) is 1.59. The minimum absolute atomic E-state index is 0.130. The first-order valence-electron chi connectivity index (χ1n) is 5.34. The molecule has 0 atom stereocenters. The number of nitrogens with zero attached hydrogens (tertiary/aromatic N) is 1. The van der Waals surface area contributed by atoms with Gasteiger partial charge in [0.15, 0.2) is 5.75 Å². The van der Waals surface area contributed by atoms with E-state index in [0.29, 0.717) is 30.8 Å². The molecule has 1 fully saturated rings. The Labute approximate surface area is 114 Å². The fourth-order valence-corrected chi connectivity index (χ4v) is 3.16. The van der Waals surface area contributed by atoms with E-state index in [1.807, 2.05) is 0 Å². The molecule has 1 aliphatic heterocycles. The lowest BCUT2D eigenvalue weighted by molar-refractivity contribution is 0.0733. The summed E-state index contributed by atoms with van der Waals surface area (Å²) in [5.41, 5.74) is 0.149. The number of anilines is 1. The van der Waals surface area contributed by atoms with Crippen LogP contribution in [0.4, 0.5) is 5.69 Å². The Morgan fingerprint density at radius 3 is 2.67 bits per heavy atom. The molecule has 1 aromatic carbocycles. The first kappa shape index (κ1) is 13.6. The lowest BCUT2D eigenvalue weighted by Gasteiger charge is -2.26. The normalized spacial score (nSPS) is 17.6. The Hall–Kier alpha value is -0.830. The number of phenolic OH excluding ortho intramolecular Hbond substituents is 1. The van der Waals surface area contributed by atoms with Gasteiger partial charge in [0.1, 0.15) is 0 Å². The predicted octanol–water partition coefficient (Wildman–Crippen LogP) is 1.14. The molecule has 0 unspecified atom stereocenters. The van der Waals surface area contributed by atoms with Crippen molar-refractivity contribution in [1.82, 2.24) is 4.31 Å². The van der Waals surface area contributed by atoms with Crippen LogP contribution in [0.15, 0.2) is 22.7 Å². The fraction of sp³-hybridized carbons (Fsp3) is 0.400. The highest BCUT2D eigenvalue weighted by Gasteiger charge is 2.25. The van der Waals surface area contributed by atoms with Gasteiger partial charge in [-0.1, -0.05) is 6.07 Å². The number of hydrogen-bond acceptors (Lipinski definition) is 4. The molecule has 100 valence electrons. The first-order valence-corrected chi connectivity index (χ1v) is 7.57. The van der Waals surface area contributed by atoms with Crippen LogP contribution in [0, 0.1) is 0 Å². The van der Waals surface area contributed by atoms with Gasteiger partial charge >= 0.3 is 10.2 Å². The second-order valence-corrected chi connectivity index (χ2v) is 6.28. The van der Waals surface area contributed by atoms with Crippen molar-refractivity contribution in [2.24, 2.45) is 0 Å². The third kappa shape index (κ3) is 2.94. The largest absolute Gasteiger partial charge is 0.505 e. The summed E-state index contributed by atoms with van der Waals surface area (Å²) in [7, 11) is -3.65. The number of morpholine rings is 1. The van der Waals surface area contributed by atoms with E-state index in [4.69, 9.17) is 4.74 Å². The molecule has 0 spiro atoms. The van der Waals surface area contributed by atoms with Crippen LogP contribution >= 0.6 is 15.9 Å². The lowest BCUT2D eigenvalue weighted by atomic mass is 10.3. The number of aromatic hydroxyl groups is 1. The van der Waals surface area contributed by atoms with E-state index in [0.717, 1.165) is 0 Å². The molecular formula is C10H13BrN2O4S. The Morgan fingerprint density at radius 2 is 2.00 bits per heavy atom. The van der Waals surface area contributed by atoms with Gasteiger partial charge in [-0.05, 0) is 28.1 Å². The zero-order valence-corrected chi connectivity index (χ0v) is 11.9. The minimum atomic E-state index is -3.65. The highest BCUT2D eigenvalue weighted by molar-refractivity contribution is 9.10. The van der Waals surface area contributed by atoms with Crippen LogP contribution in [-0.4, -0.2) is 44.1 Å². The van der Waals surface area contributed by atoms with Crippen LogP contribution in [0.1, 0.15) is 0 Å². The third-order valence-corrected chi connectivity index (χ3v) is 4.70. The number of phenols is 1. The number of halogens is 1.